The summed E-state index contributed by atoms with van der Waals surface area (Å²) in [5, 5.41) is 9.72. The van der Waals surface area contributed by atoms with E-state index in [4.69, 9.17) is 0 Å². The number of carbonyl (C=O) groups excluding carboxylic acids is 2. The van der Waals surface area contributed by atoms with Gasteiger partial charge in [-0.15, -0.1) is 0 Å². The van der Waals surface area contributed by atoms with Crippen LogP contribution in [0.15, 0.2) is 18.2 Å². The Morgan fingerprint density at radius 3 is 2.83 bits per heavy atom. The number of aryl methyl sites for hydroxylation is 2. The minimum absolute atomic E-state index is 0.00417. The van der Waals surface area contributed by atoms with Crippen molar-refractivity contribution in [2.75, 3.05) is 0 Å². The summed E-state index contributed by atoms with van der Waals surface area (Å²) in [6.45, 7) is 5.98. The fraction of sp³-hybridized carbons (Fsp3) is 0.619. The van der Waals surface area contributed by atoms with Crippen molar-refractivity contribution in [1.29, 1.82) is 0 Å². The lowest BCUT2D eigenvalue weighted by Gasteiger charge is -2.43. The molecule has 1 aromatic rings. The van der Waals surface area contributed by atoms with Crippen molar-refractivity contribution in [2.45, 2.75) is 59.3 Å². The number of carbonyl (C=O) groups is 2. The normalized spacial score (nSPS) is 32.6. The van der Waals surface area contributed by atoms with Crippen molar-refractivity contribution in [1.82, 2.24) is 0 Å². The highest BCUT2D eigenvalue weighted by Gasteiger charge is 2.53. The summed E-state index contributed by atoms with van der Waals surface area (Å²) in [5.41, 5.74) is 2.32. The molecule has 4 unspecified atom stereocenters. The Kier molecular flexibility index (Phi) is 4.54. The predicted octanol–water partition coefficient (Wildman–Crippen LogP) is 4.23. The van der Waals surface area contributed by atoms with Gasteiger partial charge in [0.2, 0.25) is 0 Å². The molecule has 1 aromatic carbocycles. The van der Waals surface area contributed by atoms with Crippen molar-refractivity contribution < 1.29 is 14.7 Å². The van der Waals surface area contributed by atoms with Crippen LogP contribution in [0.3, 0.4) is 0 Å². The zero-order chi connectivity index (χ0) is 17.5. The minimum Gasteiger partial charge on any atom is -0.508 e. The average Bonchev–Trinajstić information content (AvgIpc) is 2.85. The molecule has 2 aliphatic carbocycles. The smallest absolute Gasteiger partial charge is 0.133 e. The molecule has 2 aliphatic rings. The van der Waals surface area contributed by atoms with Gasteiger partial charge in [0.15, 0.2) is 0 Å². The number of Topliss-reactive ketones (excluding diaryl/α,β-unsaturated/α-hetero) is 2. The summed E-state index contributed by atoms with van der Waals surface area (Å²) in [6.07, 6.45) is 4.96. The van der Waals surface area contributed by atoms with E-state index in [2.05, 4.69) is 13.8 Å². The lowest BCUT2D eigenvalue weighted by Crippen LogP contribution is -2.41. The molecular formula is C21H28O3. The van der Waals surface area contributed by atoms with Crippen LogP contribution in [-0.4, -0.2) is 16.7 Å². The molecule has 2 saturated carbocycles. The molecule has 0 bridgehead atoms. The van der Waals surface area contributed by atoms with Crippen LogP contribution < -0.4 is 0 Å². The Labute approximate surface area is 144 Å². The van der Waals surface area contributed by atoms with Gasteiger partial charge in [-0.2, -0.15) is 0 Å². The van der Waals surface area contributed by atoms with Gasteiger partial charge in [0.1, 0.15) is 17.3 Å². The topological polar surface area (TPSA) is 54.4 Å². The van der Waals surface area contributed by atoms with Crippen molar-refractivity contribution in [3.05, 3.63) is 29.3 Å². The molecule has 0 spiro atoms. The maximum absolute atomic E-state index is 12.3. The standard InChI is InChI=1S/C21H28O3/c1-13-4-7-17(23)10-15(13)5-6-16-11-18(24)12-21(3)9-8-19(14(2)22)20(16)21/h4,7,10,16,19-20,23H,5-6,8-9,11-12H2,1-3H3. The molecule has 1 N–H and O–H groups in total. The van der Waals surface area contributed by atoms with E-state index in [1.54, 1.807) is 13.0 Å². The van der Waals surface area contributed by atoms with Crippen molar-refractivity contribution in [3.8, 4) is 5.75 Å². The summed E-state index contributed by atoms with van der Waals surface area (Å²) in [4.78, 5) is 24.4. The lowest BCUT2D eigenvalue weighted by molar-refractivity contribution is -0.132. The Morgan fingerprint density at radius 1 is 1.38 bits per heavy atom. The molecule has 0 amide bonds. The van der Waals surface area contributed by atoms with E-state index in [0.717, 1.165) is 31.2 Å². The number of fused-ring (bicyclic) bond motifs is 1. The van der Waals surface area contributed by atoms with Crippen molar-refractivity contribution >= 4 is 11.6 Å². The molecule has 0 aromatic heterocycles. The first-order chi connectivity index (χ1) is 11.3. The SMILES string of the molecule is CC(=O)C1CCC2(C)CC(=O)CC(CCc3cc(O)ccc3C)C12. The molecular weight excluding hydrogens is 300 g/mol. The number of rotatable bonds is 4. The van der Waals surface area contributed by atoms with E-state index < -0.39 is 0 Å². The molecule has 0 radical (unpaired) electrons. The molecule has 24 heavy (non-hydrogen) atoms. The Balaban J connectivity index is 1.81. The van der Waals surface area contributed by atoms with Crippen LogP contribution in [-0.2, 0) is 16.0 Å². The fourth-order valence-corrected chi connectivity index (χ4v) is 5.37. The molecule has 4 atom stereocenters. The van der Waals surface area contributed by atoms with Gasteiger partial charge in [0.05, 0.1) is 0 Å². The molecule has 0 heterocycles. The van der Waals surface area contributed by atoms with Crippen LogP contribution in [0, 0.1) is 30.1 Å². The summed E-state index contributed by atoms with van der Waals surface area (Å²) in [6, 6.07) is 5.48. The second-order valence-corrected chi connectivity index (χ2v) is 8.26. The molecule has 3 heteroatoms. The second kappa shape index (κ2) is 6.34. The molecule has 3 rings (SSSR count). The molecule has 0 saturated heterocycles. The number of phenols is 1. The maximum atomic E-state index is 12.3. The van der Waals surface area contributed by atoms with Crippen LogP contribution in [0.25, 0.3) is 0 Å². The lowest BCUT2D eigenvalue weighted by atomic mass is 9.60. The van der Waals surface area contributed by atoms with Crippen LogP contribution in [0.2, 0.25) is 0 Å². The number of phenolic OH excluding ortho intramolecular Hbond substituents is 1. The van der Waals surface area contributed by atoms with Gasteiger partial charge in [-0.1, -0.05) is 13.0 Å². The van der Waals surface area contributed by atoms with E-state index >= 15 is 0 Å². The Bertz CT molecular complexity index is 663. The van der Waals surface area contributed by atoms with Gasteiger partial charge >= 0.3 is 0 Å². The predicted molar refractivity (Wildman–Crippen MR) is 93.9 cm³/mol. The molecule has 3 nitrogen and oxygen atoms in total. The monoisotopic (exact) mass is 328 g/mol. The van der Waals surface area contributed by atoms with E-state index in [9.17, 15) is 14.7 Å². The van der Waals surface area contributed by atoms with Crippen molar-refractivity contribution in [2.24, 2.45) is 23.2 Å². The Hall–Kier alpha value is -1.64. The van der Waals surface area contributed by atoms with Crippen LogP contribution >= 0.6 is 0 Å². The summed E-state index contributed by atoms with van der Waals surface area (Å²) >= 11 is 0. The third-order valence-corrected chi connectivity index (χ3v) is 6.50. The number of hydrogen-bond acceptors (Lipinski definition) is 3. The first-order valence-corrected chi connectivity index (χ1v) is 9.11. The van der Waals surface area contributed by atoms with Gasteiger partial charge in [-0.3, -0.25) is 9.59 Å². The average molecular weight is 328 g/mol. The number of benzene rings is 1. The van der Waals surface area contributed by atoms with Crippen LogP contribution in [0.1, 0.15) is 57.1 Å². The highest BCUT2D eigenvalue weighted by atomic mass is 16.3. The maximum Gasteiger partial charge on any atom is 0.133 e. The first kappa shape index (κ1) is 17.2. The molecule has 130 valence electrons. The van der Waals surface area contributed by atoms with Gasteiger partial charge in [-0.05, 0) is 80.0 Å². The van der Waals surface area contributed by atoms with E-state index in [-0.39, 0.29) is 23.0 Å². The van der Waals surface area contributed by atoms with Gasteiger partial charge in [0, 0.05) is 18.8 Å². The number of hydrogen-bond donors (Lipinski definition) is 1. The van der Waals surface area contributed by atoms with Crippen LogP contribution in [0.5, 0.6) is 5.75 Å². The zero-order valence-corrected chi connectivity index (χ0v) is 15.0. The first-order valence-electron chi connectivity index (χ1n) is 9.11. The third-order valence-electron chi connectivity index (χ3n) is 6.50. The minimum atomic E-state index is 0.00417. The largest absolute Gasteiger partial charge is 0.508 e. The quantitative estimate of drug-likeness (QED) is 0.899. The third kappa shape index (κ3) is 3.13. The molecule has 0 aliphatic heterocycles. The second-order valence-electron chi connectivity index (χ2n) is 8.26. The highest BCUT2D eigenvalue weighted by molar-refractivity contribution is 5.83. The van der Waals surface area contributed by atoms with Gasteiger partial charge < -0.3 is 5.11 Å². The Morgan fingerprint density at radius 2 is 2.12 bits per heavy atom. The number of ketones is 2. The van der Waals surface area contributed by atoms with Gasteiger partial charge in [0.25, 0.3) is 0 Å². The van der Waals surface area contributed by atoms with Crippen LogP contribution in [0.4, 0.5) is 0 Å². The molecule has 2 fully saturated rings. The highest BCUT2D eigenvalue weighted by Crippen LogP contribution is 2.57. The van der Waals surface area contributed by atoms with Gasteiger partial charge in [-0.25, -0.2) is 0 Å². The van der Waals surface area contributed by atoms with E-state index in [0.29, 0.717) is 30.3 Å². The van der Waals surface area contributed by atoms with E-state index in [1.165, 1.54) is 5.56 Å². The van der Waals surface area contributed by atoms with Crippen molar-refractivity contribution in [3.63, 3.8) is 0 Å². The summed E-state index contributed by atoms with van der Waals surface area (Å²) < 4.78 is 0. The summed E-state index contributed by atoms with van der Waals surface area (Å²) in [5.74, 6) is 1.69. The summed E-state index contributed by atoms with van der Waals surface area (Å²) in [7, 11) is 0. The van der Waals surface area contributed by atoms with E-state index in [1.807, 2.05) is 12.1 Å². The number of aromatic hydroxyl groups is 1. The fourth-order valence-electron chi connectivity index (χ4n) is 5.37. The zero-order valence-electron chi connectivity index (χ0n) is 15.0.